The molecule has 1 saturated carbocycles. The molecule has 104 valence electrons. The summed E-state index contributed by atoms with van der Waals surface area (Å²) in [4.78, 5) is 23.8. The smallest absolute Gasteiger partial charge is 0.320 e. The number of ether oxygens (including phenoxy) is 2. The zero-order valence-electron chi connectivity index (χ0n) is 11.0. The van der Waals surface area contributed by atoms with E-state index in [1.165, 1.54) is 0 Å². The molecule has 5 heteroatoms. The minimum Gasteiger partial charge on any atom is -0.465 e. The van der Waals surface area contributed by atoms with Gasteiger partial charge in [0.15, 0.2) is 5.92 Å². The molecule has 1 rings (SSSR count). The molecule has 0 aromatic carbocycles. The third-order valence-electron chi connectivity index (χ3n) is 3.24. The molecule has 1 aliphatic rings. The lowest BCUT2D eigenvalue weighted by molar-refractivity contribution is -0.165. The van der Waals surface area contributed by atoms with Crippen LogP contribution >= 0.6 is 11.6 Å². The Labute approximate surface area is 113 Å². The second-order valence-corrected chi connectivity index (χ2v) is 5.01. The van der Waals surface area contributed by atoms with Gasteiger partial charge in [0, 0.05) is 5.38 Å². The number of carbonyl (C=O) groups excluding carboxylic acids is 2. The van der Waals surface area contributed by atoms with Crippen LogP contribution in [0.4, 0.5) is 0 Å². The predicted molar refractivity (Wildman–Crippen MR) is 68.4 cm³/mol. The summed E-state index contributed by atoms with van der Waals surface area (Å²) < 4.78 is 9.95. The highest BCUT2D eigenvalue weighted by Gasteiger charge is 2.41. The van der Waals surface area contributed by atoms with Crippen molar-refractivity contribution in [3.8, 4) is 0 Å². The Morgan fingerprint density at radius 2 is 1.61 bits per heavy atom. The molecule has 2 atom stereocenters. The molecule has 18 heavy (non-hydrogen) atoms. The molecular weight excluding hydrogens is 256 g/mol. The summed E-state index contributed by atoms with van der Waals surface area (Å²) >= 11 is 6.25. The number of hydrogen-bond acceptors (Lipinski definition) is 4. The van der Waals surface area contributed by atoms with Crippen molar-refractivity contribution in [1.82, 2.24) is 0 Å². The van der Waals surface area contributed by atoms with Crippen LogP contribution in [0.25, 0.3) is 0 Å². The van der Waals surface area contributed by atoms with Gasteiger partial charge < -0.3 is 9.47 Å². The van der Waals surface area contributed by atoms with Crippen molar-refractivity contribution in [2.24, 2.45) is 11.8 Å². The topological polar surface area (TPSA) is 52.6 Å². The lowest BCUT2D eigenvalue weighted by Gasteiger charge is -2.31. The molecule has 0 aromatic rings. The predicted octanol–water partition coefficient (Wildman–Crippen LogP) is 2.53. The number of rotatable bonds is 5. The molecule has 1 fully saturated rings. The number of carbonyl (C=O) groups is 2. The Bertz CT molecular complexity index is 275. The molecular formula is C13H21ClO4. The Balaban J connectivity index is 2.80. The molecule has 0 spiro atoms. The zero-order chi connectivity index (χ0) is 13.5. The first-order valence-corrected chi connectivity index (χ1v) is 7.02. The Kier molecular flexibility index (Phi) is 6.47. The Morgan fingerprint density at radius 3 is 2.06 bits per heavy atom. The van der Waals surface area contributed by atoms with Gasteiger partial charge in [0.05, 0.1) is 13.2 Å². The van der Waals surface area contributed by atoms with Crippen molar-refractivity contribution < 1.29 is 19.1 Å². The van der Waals surface area contributed by atoms with Crippen molar-refractivity contribution in [2.75, 3.05) is 13.2 Å². The van der Waals surface area contributed by atoms with E-state index in [4.69, 9.17) is 21.1 Å². The first-order valence-electron chi connectivity index (χ1n) is 6.59. The number of esters is 2. The second kappa shape index (κ2) is 7.62. The van der Waals surface area contributed by atoms with Crippen LogP contribution in [0.5, 0.6) is 0 Å². The van der Waals surface area contributed by atoms with Crippen molar-refractivity contribution >= 4 is 23.5 Å². The van der Waals surface area contributed by atoms with E-state index in [1.54, 1.807) is 13.8 Å². The molecule has 2 unspecified atom stereocenters. The summed E-state index contributed by atoms with van der Waals surface area (Å²) in [6, 6.07) is 0. The molecule has 0 heterocycles. The fourth-order valence-corrected chi connectivity index (χ4v) is 2.83. The van der Waals surface area contributed by atoms with Crippen LogP contribution in [-0.4, -0.2) is 30.5 Å². The van der Waals surface area contributed by atoms with Gasteiger partial charge in [-0.2, -0.15) is 0 Å². The van der Waals surface area contributed by atoms with Gasteiger partial charge in [-0.25, -0.2) is 0 Å². The van der Waals surface area contributed by atoms with Crippen molar-refractivity contribution in [1.29, 1.82) is 0 Å². The Morgan fingerprint density at radius 1 is 1.11 bits per heavy atom. The van der Waals surface area contributed by atoms with E-state index in [0.29, 0.717) is 0 Å². The summed E-state index contributed by atoms with van der Waals surface area (Å²) in [6.45, 7) is 3.96. The number of halogens is 1. The minimum absolute atomic E-state index is 0.155. The lowest BCUT2D eigenvalue weighted by Crippen LogP contribution is -2.39. The van der Waals surface area contributed by atoms with Gasteiger partial charge in [-0.3, -0.25) is 9.59 Å². The van der Waals surface area contributed by atoms with E-state index in [-0.39, 0.29) is 24.5 Å². The van der Waals surface area contributed by atoms with E-state index in [1.807, 2.05) is 0 Å². The molecule has 0 radical (unpaired) electrons. The molecule has 0 bridgehead atoms. The van der Waals surface area contributed by atoms with Crippen LogP contribution in [0.2, 0.25) is 0 Å². The summed E-state index contributed by atoms with van der Waals surface area (Å²) in [6.07, 6.45) is 3.64. The summed E-state index contributed by atoms with van der Waals surface area (Å²) in [7, 11) is 0. The monoisotopic (exact) mass is 276 g/mol. The summed E-state index contributed by atoms with van der Waals surface area (Å²) in [5, 5.41) is -0.155. The van der Waals surface area contributed by atoms with Gasteiger partial charge in [0.1, 0.15) is 0 Å². The first kappa shape index (κ1) is 15.3. The zero-order valence-corrected chi connectivity index (χ0v) is 11.7. The van der Waals surface area contributed by atoms with Gasteiger partial charge >= 0.3 is 11.9 Å². The van der Waals surface area contributed by atoms with Crippen LogP contribution in [-0.2, 0) is 19.1 Å². The fourth-order valence-electron chi connectivity index (χ4n) is 2.40. The SMILES string of the molecule is CCOC(=O)C(C(=O)OCC)C1CCCCC1Cl. The fraction of sp³-hybridized carbons (Fsp3) is 0.846. The largest absolute Gasteiger partial charge is 0.465 e. The third-order valence-corrected chi connectivity index (χ3v) is 3.78. The molecule has 4 nitrogen and oxygen atoms in total. The molecule has 0 saturated heterocycles. The maximum absolute atomic E-state index is 11.9. The van der Waals surface area contributed by atoms with Crippen molar-refractivity contribution in [3.63, 3.8) is 0 Å². The van der Waals surface area contributed by atoms with Crippen LogP contribution < -0.4 is 0 Å². The van der Waals surface area contributed by atoms with E-state index in [2.05, 4.69) is 0 Å². The summed E-state index contributed by atoms with van der Waals surface area (Å²) in [5.74, 6) is -2.05. The molecule has 0 amide bonds. The first-order chi connectivity index (χ1) is 8.61. The summed E-state index contributed by atoms with van der Waals surface area (Å²) in [5.41, 5.74) is 0. The minimum atomic E-state index is -0.868. The van der Waals surface area contributed by atoms with Gasteiger partial charge in [-0.05, 0) is 32.6 Å². The highest BCUT2D eigenvalue weighted by Crippen LogP contribution is 2.35. The van der Waals surface area contributed by atoms with Gasteiger partial charge in [-0.1, -0.05) is 12.8 Å². The van der Waals surface area contributed by atoms with Gasteiger partial charge in [-0.15, -0.1) is 11.6 Å². The maximum atomic E-state index is 11.9. The molecule has 1 aliphatic carbocycles. The van der Waals surface area contributed by atoms with E-state index in [9.17, 15) is 9.59 Å². The van der Waals surface area contributed by atoms with E-state index >= 15 is 0 Å². The molecule has 0 aliphatic heterocycles. The highest BCUT2D eigenvalue weighted by atomic mass is 35.5. The van der Waals surface area contributed by atoms with Crippen LogP contribution in [0.1, 0.15) is 39.5 Å². The van der Waals surface area contributed by atoms with Crippen molar-refractivity contribution in [2.45, 2.75) is 44.9 Å². The standard InChI is InChI=1S/C13H21ClO4/c1-3-17-12(15)11(13(16)18-4-2)9-7-5-6-8-10(9)14/h9-11H,3-8H2,1-2H3. The number of alkyl halides is 1. The molecule has 0 N–H and O–H groups in total. The van der Waals surface area contributed by atoms with Crippen molar-refractivity contribution in [3.05, 3.63) is 0 Å². The Hall–Kier alpha value is -0.770. The van der Waals surface area contributed by atoms with Gasteiger partial charge in [0.2, 0.25) is 0 Å². The quantitative estimate of drug-likeness (QED) is 0.440. The van der Waals surface area contributed by atoms with Gasteiger partial charge in [0.25, 0.3) is 0 Å². The van der Waals surface area contributed by atoms with E-state index in [0.717, 1.165) is 25.7 Å². The lowest BCUT2D eigenvalue weighted by atomic mass is 9.79. The highest BCUT2D eigenvalue weighted by molar-refractivity contribution is 6.21. The van der Waals surface area contributed by atoms with E-state index < -0.39 is 17.9 Å². The maximum Gasteiger partial charge on any atom is 0.320 e. The van der Waals surface area contributed by atoms with Crippen LogP contribution in [0.15, 0.2) is 0 Å². The number of hydrogen-bond donors (Lipinski definition) is 0. The van der Waals surface area contributed by atoms with Crippen LogP contribution in [0, 0.1) is 11.8 Å². The normalized spacial score (nSPS) is 23.8. The average molecular weight is 277 g/mol. The molecule has 0 aromatic heterocycles. The van der Waals surface area contributed by atoms with Crippen LogP contribution in [0.3, 0.4) is 0 Å². The third kappa shape index (κ3) is 3.87. The average Bonchev–Trinajstić information content (AvgIpc) is 2.33. The second-order valence-electron chi connectivity index (χ2n) is 4.45.